The second-order valence-corrected chi connectivity index (χ2v) is 5.08. The molecule has 8 nitrogen and oxygen atoms in total. The Morgan fingerprint density at radius 2 is 2.10 bits per heavy atom. The van der Waals surface area contributed by atoms with Crippen molar-refractivity contribution in [1.82, 2.24) is 9.80 Å². The number of benzene rings is 1. The van der Waals surface area contributed by atoms with Crippen molar-refractivity contribution in [1.29, 1.82) is 0 Å². The van der Waals surface area contributed by atoms with Crippen LogP contribution in [0.1, 0.15) is 16.8 Å². The third kappa shape index (κ3) is 3.47. The molecule has 1 aliphatic heterocycles. The molecule has 1 aliphatic rings. The molecule has 1 saturated heterocycles. The van der Waals surface area contributed by atoms with Crippen LogP contribution in [0.3, 0.4) is 0 Å². The lowest BCUT2D eigenvalue weighted by molar-refractivity contribution is -0.384. The van der Waals surface area contributed by atoms with Crippen LogP contribution in [0, 0.1) is 10.1 Å². The van der Waals surface area contributed by atoms with Crippen molar-refractivity contribution in [2.75, 3.05) is 38.7 Å². The molecule has 3 N–H and O–H groups in total. The van der Waals surface area contributed by atoms with Crippen LogP contribution < -0.4 is 11.3 Å². The van der Waals surface area contributed by atoms with Crippen LogP contribution >= 0.6 is 0 Å². The standard InChI is InChI=1S/C13H19N5O3/c1-16-5-2-6-17(8-7-16)13(19)11-9-10(18(20)21)3-4-12(11)15-14/h3-4,9,15H,2,5-8,14H2,1H3. The Morgan fingerprint density at radius 3 is 2.76 bits per heavy atom. The van der Waals surface area contributed by atoms with Crippen LogP contribution in [0.25, 0.3) is 0 Å². The van der Waals surface area contributed by atoms with Gasteiger partial charge in [0.25, 0.3) is 11.6 Å². The molecule has 1 fully saturated rings. The minimum atomic E-state index is -0.521. The molecule has 0 bridgehead atoms. The number of nitrogens with one attached hydrogen (secondary N) is 1. The highest BCUT2D eigenvalue weighted by Crippen LogP contribution is 2.23. The number of hydrogen-bond acceptors (Lipinski definition) is 6. The lowest BCUT2D eigenvalue weighted by atomic mass is 10.1. The summed E-state index contributed by atoms with van der Waals surface area (Å²) in [6, 6.07) is 4.05. The van der Waals surface area contributed by atoms with E-state index in [4.69, 9.17) is 5.84 Å². The molecule has 0 spiro atoms. The second-order valence-electron chi connectivity index (χ2n) is 5.08. The van der Waals surface area contributed by atoms with Crippen molar-refractivity contribution < 1.29 is 9.72 Å². The van der Waals surface area contributed by atoms with Gasteiger partial charge in [-0.1, -0.05) is 0 Å². The zero-order chi connectivity index (χ0) is 15.4. The first kappa shape index (κ1) is 15.2. The number of carbonyl (C=O) groups excluding carboxylic acids is 1. The molecule has 0 unspecified atom stereocenters. The third-order valence-electron chi connectivity index (χ3n) is 3.61. The number of nitro benzene ring substituents is 1. The van der Waals surface area contributed by atoms with E-state index in [1.165, 1.54) is 18.2 Å². The fraction of sp³-hybridized carbons (Fsp3) is 0.462. The minimum Gasteiger partial charge on any atom is -0.337 e. The number of hydrazine groups is 1. The zero-order valence-corrected chi connectivity index (χ0v) is 11.9. The molecule has 0 aliphatic carbocycles. The number of nitrogens with zero attached hydrogens (tertiary/aromatic N) is 3. The Morgan fingerprint density at radius 1 is 1.33 bits per heavy atom. The molecule has 1 amide bonds. The molecule has 1 aromatic carbocycles. The van der Waals surface area contributed by atoms with Crippen LogP contribution in [0.4, 0.5) is 11.4 Å². The zero-order valence-electron chi connectivity index (χ0n) is 11.9. The van der Waals surface area contributed by atoms with E-state index in [1.54, 1.807) is 4.90 Å². The van der Waals surface area contributed by atoms with Crippen LogP contribution in [-0.4, -0.2) is 53.9 Å². The minimum absolute atomic E-state index is 0.121. The number of non-ortho nitro benzene ring substituents is 1. The summed E-state index contributed by atoms with van der Waals surface area (Å²) < 4.78 is 0. The molecule has 2 rings (SSSR count). The van der Waals surface area contributed by atoms with E-state index in [0.29, 0.717) is 18.8 Å². The molecule has 0 aromatic heterocycles. The Kier molecular flexibility index (Phi) is 4.71. The Balaban J connectivity index is 2.28. The van der Waals surface area contributed by atoms with Gasteiger partial charge in [-0.15, -0.1) is 0 Å². The van der Waals surface area contributed by atoms with Crippen molar-refractivity contribution in [3.63, 3.8) is 0 Å². The van der Waals surface area contributed by atoms with Gasteiger partial charge in [0.15, 0.2) is 0 Å². The lowest BCUT2D eigenvalue weighted by Crippen LogP contribution is -2.35. The highest BCUT2D eigenvalue weighted by molar-refractivity contribution is 6.00. The van der Waals surface area contributed by atoms with E-state index in [2.05, 4.69) is 10.3 Å². The van der Waals surface area contributed by atoms with E-state index in [-0.39, 0.29) is 17.2 Å². The summed E-state index contributed by atoms with van der Waals surface area (Å²) in [5.74, 6) is 5.16. The summed E-state index contributed by atoms with van der Waals surface area (Å²) >= 11 is 0. The van der Waals surface area contributed by atoms with Gasteiger partial charge in [-0.3, -0.25) is 20.8 Å². The number of likely N-dealkylation sites (N-methyl/N-ethyl adjacent to an activating group) is 1. The normalized spacial score (nSPS) is 16.4. The first-order valence-corrected chi connectivity index (χ1v) is 6.76. The van der Waals surface area contributed by atoms with Gasteiger partial charge in [0.1, 0.15) is 0 Å². The number of carbonyl (C=O) groups is 1. The van der Waals surface area contributed by atoms with Gasteiger partial charge in [-0.05, 0) is 26.1 Å². The molecule has 114 valence electrons. The Labute approximate surface area is 122 Å². The molecule has 0 saturated carbocycles. The number of rotatable bonds is 3. The maximum atomic E-state index is 12.6. The smallest absolute Gasteiger partial charge is 0.270 e. The predicted octanol–water partition coefficient (Wildman–Crippen LogP) is 0.658. The monoisotopic (exact) mass is 293 g/mol. The van der Waals surface area contributed by atoms with E-state index < -0.39 is 4.92 Å². The van der Waals surface area contributed by atoms with Crippen molar-refractivity contribution in [3.8, 4) is 0 Å². The van der Waals surface area contributed by atoms with Gasteiger partial charge in [-0.25, -0.2) is 0 Å². The van der Waals surface area contributed by atoms with E-state index in [0.717, 1.165) is 19.5 Å². The summed E-state index contributed by atoms with van der Waals surface area (Å²) in [5.41, 5.74) is 2.93. The Bertz CT molecular complexity index is 549. The number of hydrogen-bond donors (Lipinski definition) is 2. The molecule has 1 heterocycles. The molecular formula is C13H19N5O3. The summed E-state index contributed by atoms with van der Waals surface area (Å²) in [6.45, 7) is 2.95. The second kappa shape index (κ2) is 6.51. The van der Waals surface area contributed by atoms with E-state index in [1.807, 2.05) is 7.05 Å². The quantitative estimate of drug-likeness (QED) is 0.482. The summed E-state index contributed by atoms with van der Waals surface area (Å²) in [5, 5.41) is 10.9. The highest BCUT2D eigenvalue weighted by atomic mass is 16.6. The van der Waals surface area contributed by atoms with Gasteiger partial charge in [0.2, 0.25) is 0 Å². The number of amides is 1. The number of anilines is 1. The summed E-state index contributed by atoms with van der Waals surface area (Å²) in [6.07, 6.45) is 0.878. The van der Waals surface area contributed by atoms with Crippen molar-refractivity contribution >= 4 is 17.3 Å². The van der Waals surface area contributed by atoms with Crippen LogP contribution in [-0.2, 0) is 0 Å². The number of nitro groups is 1. The maximum absolute atomic E-state index is 12.6. The van der Waals surface area contributed by atoms with Crippen molar-refractivity contribution in [2.45, 2.75) is 6.42 Å². The molecule has 0 radical (unpaired) electrons. The highest BCUT2D eigenvalue weighted by Gasteiger charge is 2.23. The topological polar surface area (TPSA) is 105 Å². The van der Waals surface area contributed by atoms with Gasteiger partial charge < -0.3 is 15.2 Å². The fourth-order valence-electron chi connectivity index (χ4n) is 2.37. The van der Waals surface area contributed by atoms with E-state index >= 15 is 0 Å². The van der Waals surface area contributed by atoms with Gasteiger partial charge in [-0.2, -0.15) is 0 Å². The first-order valence-electron chi connectivity index (χ1n) is 6.76. The number of nitrogens with two attached hydrogens (primary N) is 1. The molecular weight excluding hydrogens is 274 g/mol. The number of nitrogen functional groups attached to an aromatic ring is 1. The predicted molar refractivity (Wildman–Crippen MR) is 78.9 cm³/mol. The maximum Gasteiger partial charge on any atom is 0.270 e. The van der Waals surface area contributed by atoms with Crippen LogP contribution in [0.2, 0.25) is 0 Å². The first-order chi connectivity index (χ1) is 10.0. The average molecular weight is 293 g/mol. The summed E-state index contributed by atoms with van der Waals surface area (Å²) in [7, 11) is 2.01. The molecule has 0 atom stereocenters. The van der Waals surface area contributed by atoms with E-state index in [9.17, 15) is 14.9 Å². The third-order valence-corrected chi connectivity index (χ3v) is 3.61. The van der Waals surface area contributed by atoms with Crippen molar-refractivity contribution in [2.24, 2.45) is 5.84 Å². The van der Waals surface area contributed by atoms with Crippen LogP contribution in [0.5, 0.6) is 0 Å². The van der Waals surface area contributed by atoms with Gasteiger partial charge >= 0.3 is 0 Å². The summed E-state index contributed by atoms with van der Waals surface area (Å²) in [4.78, 5) is 26.8. The van der Waals surface area contributed by atoms with Crippen LogP contribution in [0.15, 0.2) is 18.2 Å². The Hall–Kier alpha value is -2.19. The lowest BCUT2D eigenvalue weighted by Gasteiger charge is -2.21. The fourth-order valence-corrected chi connectivity index (χ4v) is 2.37. The molecule has 21 heavy (non-hydrogen) atoms. The van der Waals surface area contributed by atoms with Crippen molar-refractivity contribution in [3.05, 3.63) is 33.9 Å². The molecule has 8 heteroatoms. The SMILES string of the molecule is CN1CCCN(C(=O)c2cc([N+](=O)[O-])ccc2NN)CC1. The largest absolute Gasteiger partial charge is 0.337 e. The van der Waals surface area contributed by atoms with Gasteiger partial charge in [0, 0.05) is 31.8 Å². The average Bonchev–Trinajstić information content (AvgIpc) is 2.70. The van der Waals surface area contributed by atoms with Gasteiger partial charge in [0.05, 0.1) is 16.2 Å². The molecule has 1 aromatic rings.